The van der Waals surface area contributed by atoms with Gasteiger partial charge in [0.15, 0.2) is 0 Å². The van der Waals surface area contributed by atoms with Crippen molar-refractivity contribution in [3.05, 3.63) is 53.0 Å². The lowest BCUT2D eigenvalue weighted by Crippen LogP contribution is -2.29. The molecule has 6 heteroatoms. The highest BCUT2D eigenvalue weighted by Crippen LogP contribution is 2.21. The molecule has 0 atom stereocenters. The molecule has 6 nitrogen and oxygen atoms in total. The summed E-state index contributed by atoms with van der Waals surface area (Å²) in [6.07, 6.45) is 2.56. The molecule has 21 heavy (non-hydrogen) atoms. The van der Waals surface area contributed by atoms with Crippen LogP contribution in [0.1, 0.15) is 12.5 Å². The van der Waals surface area contributed by atoms with Crippen molar-refractivity contribution in [3.8, 4) is 11.4 Å². The lowest BCUT2D eigenvalue weighted by atomic mass is 10.0. The Morgan fingerprint density at radius 3 is 2.81 bits per heavy atom. The maximum Gasteiger partial charge on any atom is 0.352 e. The molecule has 110 valence electrons. The van der Waals surface area contributed by atoms with Gasteiger partial charge in [-0.1, -0.05) is 37.3 Å². The van der Waals surface area contributed by atoms with Crippen molar-refractivity contribution >= 4 is 5.95 Å². The van der Waals surface area contributed by atoms with Crippen molar-refractivity contribution in [2.45, 2.75) is 13.3 Å². The standard InChI is InChI=1S/C15H19N5O/c1-4-10-16-19-14-17-13(20(3)15(21)18-14)12-9-7-6-8-11(12)5-2/h4,6-9,16H,1,5,10H2,2-3H3,(H,18,19,21). The molecule has 1 aromatic carbocycles. The number of hydrazine groups is 1. The van der Waals surface area contributed by atoms with Crippen molar-refractivity contribution < 1.29 is 0 Å². The number of benzene rings is 1. The van der Waals surface area contributed by atoms with E-state index in [2.05, 4.69) is 34.3 Å². The van der Waals surface area contributed by atoms with Crippen molar-refractivity contribution in [1.29, 1.82) is 0 Å². The summed E-state index contributed by atoms with van der Waals surface area (Å²) in [5.41, 5.74) is 7.39. The molecule has 0 unspecified atom stereocenters. The summed E-state index contributed by atoms with van der Waals surface area (Å²) in [6.45, 7) is 6.22. The fourth-order valence-electron chi connectivity index (χ4n) is 2.00. The van der Waals surface area contributed by atoms with E-state index in [0.29, 0.717) is 12.4 Å². The molecule has 1 aromatic heterocycles. The zero-order valence-corrected chi connectivity index (χ0v) is 12.3. The molecule has 0 spiro atoms. The van der Waals surface area contributed by atoms with E-state index in [1.54, 1.807) is 13.1 Å². The van der Waals surface area contributed by atoms with Gasteiger partial charge in [0, 0.05) is 19.2 Å². The number of aromatic nitrogens is 3. The van der Waals surface area contributed by atoms with Crippen molar-refractivity contribution in [2.75, 3.05) is 12.0 Å². The molecule has 0 saturated carbocycles. The van der Waals surface area contributed by atoms with Gasteiger partial charge in [0.25, 0.3) is 0 Å². The summed E-state index contributed by atoms with van der Waals surface area (Å²) >= 11 is 0. The van der Waals surface area contributed by atoms with Crippen LogP contribution in [0.3, 0.4) is 0 Å². The van der Waals surface area contributed by atoms with Gasteiger partial charge in [-0.05, 0) is 12.0 Å². The molecule has 0 saturated heterocycles. The predicted octanol–water partition coefficient (Wildman–Crippen LogP) is 1.51. The molecule has 0 fully saturated rings. The van der Waals surface area contributed by atoms with E-state index in [-0.39, 0.29) is 11.6 Å². The maximum atomic E-state index is 12.0. The minimum atomic E-state index is -0.353. The molecule has 2 rings (SSSR count). The van der Waals surface area contributed by atoms with Crippen LogP contribution in [0.4, 0.5) is 5.95 Å². The second-order valence-corrected chi connectivity index (χ2v) is 4.52. The lowest BCUT2D eigenvalue weighted by molar-refractivity contribution is 0.767. The maximum absolute atomic E-state index is 12.0. The Kier molecular flexibility index (Phi) is 4.84. The Hall–Kier alpha value is -2.47. The van der Waals surface area contributed by atoms with Gasteiger partial charge < -0.3 is 0 Å². The second-order valence-electron chi connectivity index (χ2n) is 4.52. The van der Waals surface area contributed by atoms with Crippen molar-refractivity contribution in [3.63, 3.8) is 0 Å². The van der Waals surface area contributed by atoms with Crippen LogP contribution >= 0.6 is 0 Å². The molecule has 0 bridgehead atoms. The number of anilines is 1. The van der Waals surface area contributed by atoms with Gasteiger partial charge in [0.05, 0.1) is 0 Å². The molecule has 0 radical (unpaired) electrons. The van der Waals surface area contributed by atoms with E-state index in [4.69, 9.17) is 0 Å². The predicted molar refractivity (Wildman–Crippen MR) is 83.9 cm³/mol. The summed E-state index contributed by atoms with van der Waals surface area (Å²) in [6, 6.07) is 7.91. The van der Waals surface area contributed by atoms with E-state index in [1.807, 2.05) is 24.3 Å². The first-order chi connectivity index (χ1) is 10.2. The van der Waals surface area contributed by atoms with E-state index in [1.165, 1.54) is 4.57 Å². The molecular formula is C15H19N5O. The smallest absolute Gasteiger partial charge is 0.289 e. The third-order valence-corrected chi connectivity index (χ3v) is 3.10. The number of hydrogen-bond donors (Lipinski definition) is 2. The quantitative estimate of drug-likeness (QED) is 0.478. The van der Waals surface area contributed by atoms with Gasteiger partial charge in [-0.25, -0.2) is 10.2 Å². The van der Waals surface area contributed by atoms with Crippen molar-refractivity contribution in [1.82, 2.24) is 20.0 Å². The normalized spacial score (nSPS) is 10.4. The summed E-state index contributed by atoms with van der Waals surface area (Å²) in [5.74, 6) is 0.844. The topological polar surface area (TPSA) is 71.8 Å². The summed E-state index contributed by atoms with van der Waals surface area (Å²) in [7, 11) is 1.67. The van der Waals surface area contributed by atoms with Gasteiger partial charge in [0.1, 0.15) is 5.82 Å². The molecule has 2 N–H and O–H groups in total. The van der Waals surface area contributed by atoms with E-state index >= 15 is 0 Å². The molecule has 1 heterocycles. The Morgan fingerprint density at radius 1 is 1.33 bits per heavy atom. The number of rotatable bonds is 6. The molecule has 0 aliphatic carbocycles. The molecule has 0 amide bonds. The van der Waals surface area contributed by atoms with Crippen LogP contribution in [0.2, 0.25) is 0 Å². The van der Waals surface area contributed by atoms with Crippen molar-refractivity contribution in [2.24, 2.45) is 7.05 Å². The largest absolute Gasteiger partial charge is 0.352 e. The molecule has 0 aliphatic heterocycles. The fourth-order valence-corrected chi connectivity index (χ4v) is 2.00. The van der Waals surface area contributed by atoms with Crippen LogP contribution in [0, 0.1) is 0 Å². The highest BCUT2D eigenvalue weighted by atomic mass is 16.1. The summed E-state index contributed by atoms with van der Waals surface area (Å²) in [4.78, 5) is 20.3. The first-order valence-corrected chi connectivity index (χ1v) is 6.80. The monoisotopic (exact) mass is 285 g/mol. The average molecular weight is 285 g/mol. The summed E-state index contributed by atoms with van der Waals surface area (Å²) in [5, 5.41) is 0. The van der Waals surface area contributed by atoms with E-state index in [0.717, 1.165) is 17.5 Å². The van der Waals surface area contributed by atoms with Crippen LogP contribution in [0.25, 0.3) is 11.4 Å². The zero-order chi connectivity index (χ0) is 15.2. The Morgan fingerprint density at radius 2 is 2.10 bits per heavy atom. The first-order valence-electron chi connectivity index (χ1n) is 6.80. The second kappa shape index (κ2) is 6.81. The number of nitrogens with zero attached hydrogens (tertiary/aromatic N) is 3. The average Bonchev–Trinajstić information content (AvgIpc) is 2.51. The van der Waals surface area contributed by atoms with E-state index in [9.17, 15) is 4.79 Å². The fraction of sp³-hybridized carbons (Fsp3) is 0.267. The van der Waals surface area contributed by atoms with Gasteiger partial charge in [-0.2, -0.15) is 9.97 Å². The Balaban J connectivity index is 2.47. The molecule has 0 aliphatic rings. The SMILES string of the molecule is C=CCNNc1nc(-c2ccccc2CC)n(C)c(=O)n1. The molecular weight excluding hydrogens is 266 g/mol. The molecule has 2 aromatic rings. The van der Waals surface area contributed by atoms with Crippen LogP contribution in [-0.4, -0.2) is 21.1 Å². The van der Waals surface area contributed by atoms with Crippen LogP contribution in [0.15, 0.2) is 41.7 Å². The Bertz CT molecular complexity index is 693. The van der Waals surface area contributed by atoms with E-state index < -0.39 is 0 Å². The van der Waals surface area contributed by atoms with Crippen LogP contribution in [-0.2, 0) is 13.5 Å². The van der Waals surface area contributed by atoms with Crippen LogP contribution < -0.4 is 16.5 Å². The number of aryl methyl sites for hydroxylation is 1. The van der Waals surface area contributed by atoms with Gasteiger partial charge in [-0.15, -0.1) is 6.58 Å². The van der Waals surface area contributed by atoms with Gasteiger partial charge >= 0.3 is 5.69 Å². The van der Waals surface area contributed by atoms with Gasteiger partial charge in [0.2, 0.25) is 5.95 Å². The summed E-state index contributed by atoms with van der Waals surface area (Å²) < 4.78 is 1.45. The highest BCUT2D eigenvalue weighted by molar-refractivity contribution is 5.61. The van der Waals surface area contributed by atoms with Gasteiger partial charge in [-0.3, -0.25) is 9.99 Å². The Labute approximate surface area is 123 Å². The minimum Gasteiger partial charge on any atom is -0.289 e. The lowest BCUT2D eigenvalue weighted by Gasteiger charge is -2.12. The zero-order valence-electron chi connectivity index (χ0n) is 12.3. The first kappa shape index (κ1) is 14.9. The third-order valence-electron chi connectivity index (χ3n) is 3.10. The van der Waals surface area contributed by atoms with Crippen LogP contribution in [0.5, 0.6) is 0 Å². The third kappa shape index (κ3) is 3.35. The minimum absolute atomic E-state index is 0.251. The highest BCUT2D eigenvalue weighted by Gasteiger charge is 2.11. The number of nitrogens with one attached hydrogen (secondary N) is 2. The number of hydrogen-bond acceptors (Lipinski definition) is 5.